The number of amides is 2. The lowest BCUT2D eigenvalue weighted by atomic mass is 9.95. The van der Waals surface area contributed by atoms with Crippen LogP contribution in [0.5, 0.6) is 0 Å². The molecule has 5 N–H and O–H groups in total. The summed E-state index contributed by atoms with van der Waals surface area (Å²) in [6.45, 7) is 2.05. The van der Waals surface area contributed by atoms with Gasteiger partial charge in [0.05, 0.1) is 4.90 Å². The van der Waals surface area contributed by atoms with Crippen molar-refractivity contribution >= 4 is 27.5 Å². The monoisotopic (exact) mass is 382 g/mol. The van der Waals surface area contributed by atoms with Crippen molar-refractivity contribution in [3.63, 3.8) is 0 Å². The highest BCUT2D eigenvalue weighted by Crippen LogP contribution is 2.31. The first-order chi connectivity index (χ1) is 12.3. The molecule has 2 amide bonds. The summed E-state index contributed by atoms with van der Waals surface area (Å²) in [5, 5.41) is 5.35. The van der Waals surface area contributed by atoms with E-state index in [4.69, 9.17) is 5.73 Å². The normalized spacial score (nSPS) is 21.2. The summed E-state index contributed by atoms with van der Waals surface area (Å²) < 4.78 is 25.9. The van der Waals surface area contributed by atoms with Crippen LogP contribution in [-0.4, -0.2) is 39.9 Å². The second kappa shape index (κ2) is 8.61. The second-order valence-corrected chi connectivity index (χ2v) is 8.37. The van der Waals surface area contributed by atoms with E-state index in [1.807, 2.05) is 0 Å². The van der Waals surface area contributed by atoms with Crippen LogP contribution in [0.2, 0.25) is 0 Å². The minimum absolute atomic E-state index is 0.0474. The van der Waals surface area contributed by atoms with Crippen LogP contribution >= 0.6 is 0 Å². The first-order valence-electron chi connectivity index (χ1n) is 8.63. The Morgan fingerprint density at radius 2 is 2.04 bits per heavy atom. The third kappa shape index (κ3) is 4.80. The van der Waals surface area contributed by atoms with Crippen LogP contribution in [0.4, 0.5) is 5.69 Å². The molecule has 144 valence electrons. The number of nitrogens with two attached hydrogens (primary N) is 1. The molecule has 0 saturated heterocycles. The molecule has 1 aliphatic rings. The Balaban J connectivity index is 1.99. The molecule has 0 bridgehead atoms. The van der Waals surface area contributed by atoms with Gasteiger partial charge in [0.1, 0.15) is 6.04 Å². The Hall–Kier alpha value is -1.97. The summed E-state index contributed by atoms with van der Waals surface area (Å²) in [7, 11) is -2.28. The molecule has 3 atom stereocenters. The Bertz CT molecular complexity index is 766. The number of sulfonamides is 1. The number of hydrogen-bond acceptors (Lipinski definition) is 5. The van der Waals surface area contributed by atoms with Crippen LogP contribution in [0.15, 0.2) is 29.2 Å². The summed E-state index contributed by atoms with van der Waals surface area (Å²) >= 11 is 0. The van der Waals surface area contributed by atoms with E-state index in [0.29, 0.717) is 12.2 Å². The fourth-order valence-electron chi connectivity index (χ4n) is 3.16. The van der Waals surface area contributed by atoms with Crippen molar-refractivity contribution in [3.05, 3.63) is 24.3 Å². The van der Waals surface area contributed by atoms with Gasteiger partial charge in [-0.3, -0.25) is 9.59 Å². The van der Waals surface area contributed by atoms with Gasteiger partial charge in [0.15, 0.2) is 0 Å². The lowest BCUT2D eigenvalue weighted by molar-refractivity contribution is -0.129. The Morgan fingerprint density at radius 1 is 1.31 bits per heavy atom. The Kier molecular flexibility index (Phi) is 6.74. The van der Waals surface area contributed by atoms with Crippen molar-refractivity contribution in [3.8, 4) is 0 Å². The highest BCUT2D eigenvalue weighted by Gasteiger charge is 2.33. The summed E-state index contributed by atoms with van der Waals surface area (Å²) in [6, 6.07) is 5.17. The molecule has 0 heterocycles. The molecule has 26 heavy (non-hydrogen) atoms. The molecule has 1 unspecified atom stereocenters. The van der Waals surface area contributed by atoms with Crippen molar-refractivity contribution in [2.24, 2.45) is 17.6 Å². The molecule has 9 heteroatoms. The average molecular weight is 382 g/mol. The van der Waals surface area contributed by atoms with Gasteiger partial charge >= 0.3 is 0 Å². The SMILES string of the molecule is CNS(=O)(=O)c1cccc(NC(=O)C(C)NC(=O)[C@@H]2CCC[C@@H]2CN)c1. The molecule has 1 aromatic rings. The summed E-state index contributed by atoms with van der Waals surface area (Å²) in [6.07, 6.45) is 2.68. The van der Waals surface area contributed by atoms with Crippen molar-refractivity contribution in [2.45, 2.75) is 37.1 Å². The van der Waals surface area contributed by atoms with Gasteiger partial charge in [0.2, 0.25) is 21.8 Å². The van der Waals surface area contributed by atoms with Crippen LogP contribution in [0.25, 0.3) is 0 Å². The van der Waals surface area contributed by atoms with Crippen LogP contribution in [0.3, 0.4) is 0 Å². The zero-order valence-electron chi connectivity index (χ0n) is 15.0. The number of nitrogens with one attached hydrogen (secondary N) is 3. The van der Waals surface area contributed by atoms with Gasteiger partial charge in [-0.1, -0.05) is 12.5 Å². The molecule has 1 fully saturated rings. The lowest BCUT2D eigenvalue weighted by Gasteiger charge is -2.20. The van der Waals surface area contributed by atoms with E-state index in [1.54, 1.807) is 13.0 Å². The third-order valence-corrected chi connectivity index (χ3v) is 6.14. The Morgan fingerprint density at radius 3 is 2.69 bits per heavy atom. The van der Waals surface area contributed by atoms with Gasteiger partial charge in [0, 0.05) is 11.6 Å². The van der Waals surface area contributed by atoms with Gasteiger partial charge < -0.3 is 16.4 Å². The zero-order chi connectivity index (χ0) is 19.3. The molecule has 2 rings (SSSR count). The topological polar surface area (TPSA) is 130 Å². The number of hydrogen-bond donors (Lipinski definition) is 4. The maximum atomic E-state index is 12.4. The van der Waals surface area contributed by atoms with Crippen molar-refractivity contribution in [2.75, 3.05) is 18.9 Å². The maximum Gasteiger partial charge on any atom is 0.246 e. The zero-order valence-corrected chi connectivity index (χ0v) is 15.8. The van der Waals surface area contributed by atoms with E-state index >= 15 is 0 Å². The van der Waals surface area contributed by atoms with Gasteiger partial charge in [-0.15, -0.1) is 0 Å². The molecule has 0 spiro atoms. The number of carbonyl (C=O) groups is 2. The van der Waals surface area contributed by atoms with Gasteiger partial charge in [-0.25, -0.2) is 13.1 Å². The molecule has 1 saturated carbocycles. The highest BCUT2D eigenvalue weighted by atomic mass is 32.2. The van der Waals surface area contributed by atoms with Gasteiger partial charge in [-0.05, 0) is 57.5 Å². The van der Waals surface area contributed by atoms with E-state index in [-0.39, 0.29) is 22.6 Å². The summed E-state index contributed by atoms with van der Waals surface area (Å²) in [5.74, 6) is -0.570. The van der Waals surface area contributed by atoms with Crippen molar-refractivity contribution < 1.29 is 18.0 Å². The highest BCUT2D eigenvalue weighted by molar-refractivity contribution is 7.89. The molecule has 0 radical (unpaired) electrons. The van der Waals surface area contributed by atoms with Crippen LogP contribution < -0.4 is 21.1 Å². The smallest absolute Gasteiger partial charge is 0.246 e. The van der Waals surface area contributed by atoms with Crippen LogP contribution in [0.1, 0.15) is 26.2 Å². The largest absolute Gasteiger partial charge is 0.344 e. The van der Waals surface area contributed by atoms with Gasteiger partial charge in [0.25, 0.3) is 0 Å². The molecule has 0 aliphatic heterocycles. The quantitative estimate of drug-likeness (QED) is 0.543. The molecule has 0 aromatic heterocycles. The first kappa shape index (κ1) is 20.3. The first-order valence-corrected chi connectivity index (χ1v) is 10.1. The molecular weight excluding hydrogens is 356 g/mol. The fourth-order valence-corrected chi connectivity index (χ4v) is 3.94. The summed E-state index contributed by atoms with van der Waals surface area (Å²) in [4.78, 5) is 24.7. The van der Waals surface area contributed by atoms with E-state index in [1.165, 1.54) is 25.2 Å². The van der Waals surface area contributed by atoms with E-state index in [0.717, 1.165) is 19.3 Å². The number of carbonyl (C=O) groups excluding carboxylic acids is 2. The second-order valence-electron chi connectivity index (χ2n) is 6.49. The average Bonchev–Trinajstić information content (AvgIpc) is 3.10. The van der Waals surface area contributed by atoms with Crippen molar-refractivity contribution in [1.29, 1.82) is 0 Å². The number of anilines is 1. The Labute approximate surface area is 154 Å². The van der Waals surface area contributed by atoms with Crippen molar-refractivity contribution in [1.82, 2.24) is 10.0 Å². The minimum Gasteiger partial charge on any atom is -0.344 e. The molecule has 1 aromatic carbocycles. The maximum absolute atomic E-state index is 12.4. The van der Waals surface area contributed by atoms with E-state index < -0.39 is 22.0 Å². The van der Waals surface area contributed by atoms with Gasteiger partial charge in [-0.2, -0.15) is 0 Å². The fraction of sp³-hybridized carbons (Fsp3) is 0.529. The number of benzene rings is 1. The predicted molar refractivity (Wildman–Crippen MR) is 98.8 cm³/mol. The van der Waals surface area contributed by atoms with Crippen LogP contribution in [0, 0.1) is 11.8 Å². The number of rotatable bonds is 7. The standard InChI is InChI=1S/C17H26N4O4S/c1-11(20-17(23)15-8-3-5-12(15)10-18)16(22)21-13-6-4-7-14(9-13)26(24,25)19-2/h4,6-7,9,11-12,15,19H,3,5,8,10,18H2,1-2H3,(H,20,23)(H,21,22)/t11?,12-,15-/m1/s1. The van der Waals surface area contributed by atoms with E-state index in [2.05, 4.69) is 15.4 Å². The van der Waals surface area contributed by atoms with Crippen LogP contribution in [-0.2, 0) is 19.6 Å². The molecular formula is C17H26N4O4S. The summed E-state index contributed by atoms with van der Waals surface area (Å²) in [5.41, 5.74) is 6.04. The molecule has 1 aliphatic carbocycles. The predicted octanol–water partition coefficient (Wildman–Crippen LogP) is 0.413. The van der Waals surface area contributed by atoms with E-state index in [9.17, 15) is 18.0 Å². The lowest BCUT2D eigenvalue weighted by Crippen LogP contribution is -2.45. The third-order valence-electron chi connectivity index (χ3n) is 4.73. The molecule has 8 nitrogen and oxygen atoms in total. The minimum atomic E-state index is -3.60.